The van der Waals surface area contributed by atoms with Gasteiger partial charge in [-0.3, -0.25) is 4.79 Å². The molecule has 0 atom stereocenters. The lowest BCUT2D eigenvalue weighted by Gasteiger charge is -2.24. The maximum atomic E-state index is 11.5. The first kappa shape index (κ1) is 15.5. The lowest BCUT2D eigenvalue weighted by molar-refractivity contribution is -0.121. The molecule has 0 spiro atoms. The summed E-state index contributed by atoms with van der Waals surface area (Å²) in [5.41, 5.74) is -0.101. The molecule has 2 N–H and O–H groups in total. The molecule has 0 aliphatic heterocycles. The standard InChI is InChI=1S/C12H24N2OS/c1-5-8-16-9-7-13-10-11(15)14-12(3,4)6-2/h5,13H,1,6-10H2,2-4H3,(H,14,15). The molecule has 0 rings (SSSR count). The van der Waals surface area contributed by atoms with Gasteiger partial charge in [-0.1, -0.05) is 13.0 Å². The average molecular weight is 244 g/mol. The highest BCUT2D eigenvalue weighted by atomic mass is 32.2. The summed E-state index contributed by atoms with van der Waals surface area (Å²) in [6, 6.07) is 0. The third-order valence-electron chi connectivity index (χ3n) is 2.31. The number of nitrogens with one attached hydrogen (secondary N) is 2. The summed E-state index contributed by atoms with van der Waals surface area (Å²) in [5.74, 6) is 2.05. The van der Waals surface area contributed by atoms with Gasteiger partial charge < -0.3 is 10.6 Å². The topological polar surface area (TPSA) is 41.1 Å². The van der Waals surface area contributed by atoms with Crippen molar-refractivity contribution in [2.75, 3.05) is 24.6 Å². The number of rotatable bonds is 9. The van der Waals surface area contributed by atoms with Gasteiger partial charge in [0.05, 0.1) is 6.54 Å². The number of hydrogen-bond donors (Lipinski definition) is 2. The van der Waals surface area contributed by atoms with Crippen LogP contribution in [0, 0.1) is 0 Å². The highest BCUT2D eigenvalue weighted by Crippen LogP contribution is 2.05. The van der Waals surface area contributed by atoms with Crippen molar-refractivity contribution < 1.29 is 4.79 Å². The molecule has 0 heterocycles. The Labute approximate surface area is 103 Å². The zero-order valence-electron chi connectivity index (χ0n) is 10.6. The molecule has 0 fully saturated rings. The number of carbonyl (C=O) groups is 1. The Balaban J connectivity index is 3.47. The van der Waals surface area contributed by atoms with Crippen molar-refractivity contribution in [2.45, 2.75) is 32.7 Å². The Kier molecular flexibility index (Phi) is 8.39. The van der Waals surface area contributed by atoms with Crippen molar-refractivity contribution in [3.63, 3.8) is 0 Å². The Hall–Kier alpha value is -0.480. The fourth-order valence-electron chi connectivity index (χ4n) is 1.02. The quantitative estimate of drug-likeness (QED) is 0.480. The Morgan fingerprint density at radius 3 is 2.75 bits per heavy atom. The second-order valence-electron chi connectivity index (χ2n) is 4.33. The van der Waals surface area contributed by atoms with Crippen molar-refractivity contribution in [1.82, 2.24) is 10.6 Å². The lowest BCUT2D eigenvalue weighted by Crippen LogP contribution is -2.46. The Morgan fingerprint density at radius 2 is 2.19 bits per heavy atom. The largest absolute Gasteiger partial charge is 0.350 e. The first-order valence-corrected chi connectivity index (χ1v) is 6.87. The average Bonchev–Trinajstić information content (AvgIpc) is 2.22. The highest BCUT2D eigenvalue weighted by molar-refractivity contribution is 7.99. The van der Waals surface area contributed by atoms with Crippen LogP contribution in [0.4, 0.5) is 0 Å². The van der Waals surface area contributed by atoms with Gasteiger partial charge in [-0.15, -0.1) is 6.58 Å². The smallest absolute Gasteiger partial charge is 0.234 e. The van der Waals surface area contributed by atoms with Gasteiger partial charge in [0.25, 0.3) is 0 Å². The molecule has 16 heavy (non-hydrogen) atoms. The monoisotopic (exact) mass is 244 g/mol. The van der Waals surface area contributed by atoms with E-state index in [0.717, 1.165) is 24.5 Å². The fraction of sp³-hybridized carbons (Fsp3) is 0.750. The van der Waals surface area contributed by atoms with E-state index in [9.17, 15) is 4.79 Å². The lowest BCUT2D eigenvalue weighted by atomic mass is 10.0. The summed E-state index contributed by atoms with van der Waals surface area (Å²) in [5, 5.41) is 6.11. The van der Waals surface area contributed by atoms with Gasteiger partial charge in [-0.2, -0.15) is 11.8 Å². The van der Waals surface area contributed by atoms with Crippen LogP contribution in [0.1, 0.15) is 27.2 Å². The minimum Gasteiger partial charge on any atom is -0.350 e. The number of thioether (sulfide) groups is 1. The van der Waals surface area contributed by atoms with Crippen molar-refractivity contribution in [1.29, 1.82) is 0 Å². The summed E-state index contributed by atoms with van der Waals surface area (Å²) < 4.78 is 0. The molecule has 0 aromatic carbocycles. The second-order valence-corrected chi connectivity index (χ2v) is 5.48. The van der Waals surface area contributed by atoms with E-state index in [1.54, 1.807) is 0 Å². The van der Waals surface area contributed by atoms with Crippen molar-refractivity contribution in [3.05, 3.63) is 12.7 Å². The molecule has 0 aliphatic carbocycles. The predicted octanol–water partition coefficient (Wildman–Crippen LogP) is 1.80. The molecule has 94 valence electrons. The molecule has 3 nitrogen and oxygen atoms in total. The van der Waals surface area contributed by atoms with Crippen LogP contribution in [0.3, 0.4) is 0 Å². The number of hydrogen-bond acceptors (Lipinski definition) is 3. The van der Waals surface area contributed by atoms with Gasteiger partial charge in [0.2, 0.25) is 5.91 Å². The fourth-order valence-corrected chi connectivity index (χ4v) is 1.64. The summed E-state index contributed by atoms with van der Waals surface area (Å²) >= 11 is 1.81. The van der Waals surface area contributed by atoms with Gasteiger partial charge in [0.15, 0.2) is 0 Å². The molecular weight excluding hydrogens is 220 g/mol. The highest BCUT2D eigenvalue weighted by Gasteiger charge is 2.16. The maximum absolute atomic E-state index is 11.5. The summed E-state index contributed by atoms with van der Waals surface area (Å²) in [7, 11) is 0. The van der Waals surface area contributed by atoms with Crippen LogP contribution in [-0.4, -0.2) is 36.0 Å². The van der Waals surface area contributed by atoms with Gasteiger partial charge in [-0.25, -0.2) is 0 Å². The molecule has 0 aromatic rings. The first-order chi connectivity index (χ1) is 7.52. The molecule has 0 unspecified atom stereocenters. The normalized spacial score (nSPS) is 11.2. The van der Waals surface area contributed by atoms with E-state index >= 15 is 0 Å². The van der Waals surface area contributed by atoms with E-state index in [-0.39, 0.29) is 11.4 Å². The summed E-state index contributed by atoms with van der Waals surface area (Å²) in [6.07, 6.45) is 2.83. The third-order valence-corrected chi connectivity index (χ3v) is 3.27. The first-order valence-electron chi connectivity index (χ1n) is 5.72. The van der Waals surface area contributed by atoms with Crippen LogP contribution in [-0.2, 0) is 4.79 Å². The Bertz CT molecular complexity index is 217. The molecule has 1 amide bonds. The van der Waals surface area contributed by atoms with Crippen molar-refractivity contribution in [3.8, 4) is 0 Å². The van der Waals surface area contributed by atoms with E-state index in [2.05, 4.69) is 24.1 Å². The maximum Gasteiger partial charge on any atom is 0.234 e. The van der Waals surface area contributed by atoms with E-state index in [1.807, 2.05) is 31.7 Å². The van der Waals surface area contributed by atoms with Crippen LogP contribution in [0.25, 0.3) is 0 Å². The minimum atomic E-state index is -0.101. The van der Waals surface area contributed by atoms with Crippen molar-refractivity contribution in [2.24, 2.45) is 0 Å². The summed E-state index contributed by atoms with van der Waals surface area (Å²) in [4.78, 5) is 11.5. The molecule has 4 heteroatoms. The van der Waals surface area contributed by atoms with Gasteiger partial charge in [0.1, 0.15) is 0 Å². The van der Waals surface area contributed by atoms with E-state index < -0.39 is 0 Å². The Morgan fingerprint density at radius 1 is 1.50 bits per heavy atom. The molecule has 0 radical (unpaired) electrons. The van der Waals surface area contributed by atoms with Crippen molar-refractivity contribution >= 4 is 17.7 Å². The van der Waals surface area contributed by atoms with Crippen LogP contribution in [0.2, 0.25) is 0 Å². The predicted molar refractivity (Wildman–Crippen MR) is 72.9 cm³/mol. The molecule has 0 aliphatic rings. The van der Waals surface area contributed by atoms with Crippen LogP contribution in [0.15, 0.2) is 12.7 Å². The van der Waals surface area contributed by atoms with E-state index in [0.29, 0.717) is 6.54 Å². The minimum absolute atomic E-state index is 0.0700. The molecule has 0 saturated heterocycles. The van der Waals surface area contributed by atoms with Gasteiger partial charge >= 0.3 is 0 Å². The molecule has 0 aromatic heterocycles. The van der Waals surface area contributed by atoms with Crippen LogP contribution in [0.5, 0.6) is 0 Å². The van der Waals surface area contributed by atoms with Crippen LogP contribution >= 0.6 is 11.8 Å². The van der Waals surface area contributed by atoms with E-state index in [1.165, 1.54) is 0 Å². The molecule has 0 bridgehead atoms. The van der Waals surface area contributed by atoms with Crippen LogP contribution < -0.4 is 10.6 Å². The second kappa shape index (κ2) is 8.65. The zero-order valence-corrected chi connectivity index (χ0v) is 11.5. The number of amides is 1. The molecular formula is C12H24N2OS. The SMILES string of the molecule is C=CCSCCNCC(=O)NC(C)(C)CC. The third kappa shape index (κ3) is 8.80. The van der Waals surface area contributed by atoms with E-state index in [4.69, 9.17) is 0 Å². The van der Waals surface area contributed by atoms with Gasteiger partial charge in [0, 0.05) is 23.6 Å². The van der Waals surface area contributed by atoms with Gasteiger partial charge in [-0.05, 0) is 20.3 Å². The summed E-state index contributed by atoms with van der Waals surface area (Å²) in [6.45, 7) is 11.0. The molecule has 0 saturated carbocycles. The number of carbonyl (C=O) groups excluding carboxylic acids is 1. The zero-order chi connectivity index (χ0) is 12.4.